The van der Waals surface area contributed by atoms with Crippen LogP contribution in [0.3, 0.4) is 0 Å². The van der Waals surface area contributed by atoms with Crippen LogP contribution in [0.2, 0.25) is 0 Å². The molecule has 0 saturated carbocycles. The normalized spacial score (nSPS) is 13.5. The number of aromatic nitrogens is 4. The molecule has 3 aromatic heterocycles. The Hall–Kier alpha value is -6.52. The van der Waals surface area contributed by atoms with Gasteiger partial charge in [0.15, 0.2) is 0 Å². The average molecular weight is 653 g/mol. The molecule has 4 nitrogen and oxygen atoms in total. The van der Waals surface area contributed by atoms with E-state index < -0.39 is 0 Å². The molecule has 51 heavy (non-hydrogen) atoms. The first kappa shape index (κ1) is 28.3. The number of hydrogen-bond acceptors (Lipinski definition) is 2. The monoisotopic (exact) mass is 652 g/mol. The number of hydrogen-bond donors (Lipinski definition) is 0. The number of rotatable bonds is 3. The molecule has 0 unspecified atom stereocenters. The summed E-state index contributed by atoms with van der Waals surface area (Å²) in [6.45, 7) is 4.67. The lowest BCUT2D eigenvalue weighted by atomic mass is 9.80. The second kappa shape index (κ2) is 10.3. The third kappa shape index (κ3) is 3.90. The van der Waals surface area contributed by atoms with Crippen molar-refractivity contribution in [1.82, 2.24) is 19.1 Å². The predicted octanol–water partition coefficient (Wildman–Crippen LogP) is 11.8. The summed E-state index contributed by atoms with van der Waals surface area (Å²) in [5.41, 5.74) is 12.1. The van der Waals surface area contributed by atoms with Gasteiger partial charge >= 0.3 is 0 Å². The van der Waals surface area contributed by atoms with Gasteiger partial charge in [-0.2, -0.15) is 0 Å². The van der Waals surface area contributed by atoms with Gasteiger partial charge in [0.05, 0.1) is 33.5 Å². The van der Waals surface area contributed by atoms with Crippen LogP contribution in [0, 0.1) is 0 Å². The average Bonchev–Trinajstić information content (AvgIpc) is 3.77. The molecule has 0 aliphatic heterocycles. The van der Waals surface area contributed by atoms with Gasteiger partial charge in [0.25, 0.3) is 0 Å². The van der Waals surface area contributed by atoms with E-state index in [0.29, 0.717) is 5.95 Å². The van der Waals surface area contributed by atoms with Crippen molar-refractivity contribution in [3.05, 3.63) is 169 Å². The molecule has 240 valence electrons. The second-order valence-corrected chi connectivity index (χ2v) is 14.3. The minimum Gasteiger partial charge on any atom is -0.309 e. The Morgan fingerprint density at radius 3 is 1.67 bits per heavy atom. The van der Waals surface area contributed by atoms with Crippen LogP contribution in [-0.2, 0) is 5.41 Å². The van der Waals surface area contributed by atoms with Crippen LogP contribution in [0.4, 0.5) is 0 Å². The van der Waals surface area contributed by atoms with E-state index >= 15 is 0 Å². The molecule has 0 spiro atoms. The molecular weight excluding hydrogens is 621 g/mol. The zero-order valence-electron chi connectivity index (χ0n) is 28.3. The van der Waals surface area contributed by atoms with Crippen molar-refractivity contribution in [2.24, 2.45) is 0 Å². The van der Waals surface area contributed by atoms with E-state index in [9.17, 15) is 0 Å². The Morgan fingerprint density at radius 2 is 0.980 bits per heavy atom. The molecule has 0 N–H and O–H groups in total. The van der Waals surface area contributed by atoms with Crippen molar-refractivity contribution < 1.29 is 0 Å². The maximum Gasteiger partial charge on any atom is 0.235 e. The molecule has 7 aromatic carbocycles. The molecule has 3 heterocycles. The van der Waals surface area contributed by atoms with Gasteiger partial charge in [-0.25, -0.2) is 9.97 Å². The lowest BCUT2D eigenvalue weighted by Gasteiger charge is -2.24. The Labute approximate surface area is 294 Å². The number of para-hydroxylation sites is 4. The van der Waals surface area contributed by atoms with Gasteiger partial charge in [-0.3, -0.25) is 4.57 Å². The third-order valence-corrected chi connectivity index (χ3v) is 11.1. The second-order valence-electron chi connectivity index (χ2n) is 14.3. The van der Waals surface area contributed by atoms with Crippen molar-refractivity contribution >= 4 is 54.4 Å². The van der Waals surface area contributed by atoms with Gasteiger partial charge in [0, 0.05) is 49.3 Å². The number of nitrogens with zero attached hydrogens (tertiary/aromatic N) is 4. The van der Waals surface area contributed by atoms with Crippen molar-refractivity contribution in [1.29, 1.82) is 0 Å². The van der Waals surface area contributed by atoms with E-state index in [0.717, 1.165) is 33.7 Å². The maximum atomic E-state index is 5.60. The summed E-state index contributed by atoms with van der Waals surface area (Å²) >= 11 is 0. The van der Waals surface area contributed by atoms with Gasteiger partial charge in [-0.1, -0.05) is 117 Å². The van der Waals surface area contributed by atoms with Gasteiger partial charge in [-0.05, 0) is 70.9 Å². The molecule has 0 bridgehead atoms. The first-order valence-electron chi connectivity index (χ1n) is 17.6. The van der Waals surface area contributed by atoms with Crippen LogP contribution in [0.25, 0.3) is 88.5 Å². The summed E-state index contributed by atoms with van der Waals surface area (Å²) in [5.74, 6) is 0.685. The molecule has 10 aromatic rings. The smallest absolute Gasteiger partial charge is 0.235 e. The summed E-state index contributed by atoms with van der Waals surface area (Å²) < 4.78 is 4.62. The lowest BCUT2D eigenvalue weighted by molar-refractivity contribution is 0.657. The molecule has 11 rings (SSSR count). The Morgan fingerprint density at radius 1 is 0.451 bits per heavy atom. The van der Waals surface area contributed by atoms with Crippen LogP contribution >= 0.6 is 0 Å². The van der Waals surface area contributed by atoms with Crippen molar-refractivity contribution in [2.75, 3.05) is 0 Å². The van der Waals surface area contributed by atoms with Gasteiger partial charge < -0.3 is 4.57 Å². The largest absolute Gasteiger partial charge is 0.309 e. The highest BCUT2D eigenvalue weighted by Gasteiger charge is 2.41. The fraction of sp³-hybridized carbons (Fsp3) is 0.0638. The van der Waals surface area contributed by atoms with Gasteiger partial charge in [0.1, 0.15) is 0 Å². The van der Waals surface area contributed by atoms with Crippen molar-refractivity contribution in [2.45, 2.75) is 19.3 Å². The van der Waals surface area contributed by atoms with E-state index in [1.165, 1.54) is 60.0 Å². The third-order valence-electron chi connectivity index (χ3n) is 11.1. The minimum atomic E-state index is -0.323. The summed E-state index contributed by atoms with van der Waals surface area (Å²) in [7, 11) is 0. The summed E-state index contributed by atoms with van der Waals surface area (Å²) in [6, 6.07) is 56.8. The zero-order chi connectivity index (χ0) is 33.8. The van der Waals surface area contributed by atoms with Crippen molar-refractivity contribution in [3.8, 4) is 34.2 Å². The SMILES string of the molecule is CC1(C)c2cc3ccccc3cc2-c2nc(-n3c4ccccc4c4ccccc43)nc(-c3ccc4c(c3)c3ccccc3n4-c3ccccc3)c21. The molecule has 0 radical (unpaired) electrons. The summed E-state index contributed by atoms with van der Waals surface area (Å²) in [5, 5.41) is 7.27. The quantitative estimate of drug-likeness (QED) is 0.190. The van der Waals surface area contributed by atoms with Gasteiger partial charge in [-0.15, -0.1) is 0 Å². The van der Waals surface area contributed by atoms with Crippen LogP contribution in [0.1, 0.15) is 25.0 Å². The first-order chi connectivity index (χ1) is 25.1. The van der Waals surface area contributed by atoms with Gasteiger partial charge in [0.2, 0.25) is 5.95 Å². The van der Waals surface area contributed by atoms with Crippen LogP contribution < -0.4 is 0 Å². The fourth-order valence-electron chi connectivity index (χ4n) is 8.75. The Kier molecular flexibility index (Phi) is 5.70. The standard InChI is InChI=1S/C47H32N4/c1-47(2)38-28-30-15-7-6-14-29(30)26-37(38)45-43(47)44(48-46(49-45)51-40-22-12-8-18-33(40)34-19-9-13-23-41(34)51)31-24-25-42-36(27-31)35-20-10-11-21-39(35)50(42)32-16-4-3-5-17-32/h3-28H,1-2H3. The van der Waals surface area contributed by atoms with E-state index in [-0.39, 0.29) is 5.41 Å². The van der Waals surface area contributed by atoms with Crippen molar-refractivity contribution in [3.63, 3.8) is 0 Å². The highest BCUT2D eigenvalue weighted by atomic mass is 15.2. The first-order valence-corrected chi connectivity index (χ1v) is 17.6. The summed E-state index contributed by atoms with van der Waals surface area (Å²) in [4.78, 5) is 11.1. The van der Waals surface area contributed by atoms with E-state index in [2.05, 4.69) is 181 Å². The highest BCUT2D eigenvalue weighted by Crippen LogP contribution is 2.52. The number of fused-ring (bicyclic) bond motifs is 10. The zero-order valence-corrected chi connectivity index (χ0v) is 28.3. The summed E-state index contributed by atoms with van der Waals surface area (Å²) in [6.07, 6.45) is 0. The van der Waals surface area contributed by atoms with E-state index in [4.69, 9.17) is 9.97 Å². The molecule has 0 atom stereocenters. The highest BCUT2D eigenvalue weighted by molar-refractivity contribution is 6.11. The predicted molar refractivity (Wildman–Crippen MR) is 211 cm³/mol. The Balaban J connectivity index is 1.25. The fourth-order valence-corrected chi connectivity index (χ4v) is 8.75. The van der Waals surface area contributed by atoms with E-state index in [1.807, 2.05) is 0 Å². The molecule has 1 aliphatic rings. The lowest BCUT2D eigenvalue weighted by Crippen LogP contribution is -2.18. The molecule has 1 aliphatic carbocycles. The number of benzene rings is 7. The minimum absolute atomic E-state index is 0.323. The van der Waals surface area contributed by atoms with Crippen LogP contribution in [0.5, 0.6) is 0 Å². The van der Waals surface area contributed by atoms with Crippen LogP contribution in [0.15, 0.2) is 158 Å². The van der Waals surface area contributed by atoms with E-state index in [1.54, 1.807) is 0 Å². The topological polar surface area (TPSA) is 35.6 Å². The Bertz CT molecular complexity index is 3000. The molecule has 0 saturated heterocycles. The molecule has 0 amide bonds. The molecular formula is C47H32N4. The maximum absolute atomic E-state index is 5.60. The molecule has 0 fully saturated rings. The molecule has 4 heteroatoms. The van der Waals surface area contributed by atoms with Crippen LogP contribution in [-0.4, -0.2) is 19.1 Å².